The summed E-state index contributed by atoms with van der Waals surface area (Å²) in [5.74, 6) is 0.374. The summed E-state index contributed by atoms with van der Waals surface area (Å²) < 4.78 is 50.7. The molecule has 41 heavy (non-hydrogen) atoms. The molecule has 2 aromatic rings. The van der Waals surface area contributed by atoms with Crippen molar-refractivity contribution in [1.82, 2.24) is 14.9 Å². The van der Waals surface area contributed by atoms with E-state index in [9.17, 15) is 18.3 Å². The number of likely N-dealkylation sites (N-methyl/N-ethyl adjacent to an activating group) is 1. The first-order valence-corrected chi connectivity index (χ1v) is 15.3. The van der Waals surface area contributed by atoms with Crippen molar-refractivity contribution < 1.29 is 37.3 Å². The lowest BCUT2D eigenvalue weighted by atomic mass is 9.98. The average molecular weight is 592 g/mol. The van der Waals surface area contributed by atoms with Gasteiger partial charge in [0.15, 0.2) is 6.29 Å². The lowest BCUT2D eigenvalue weighted by Gasteiger charge is -2.31. The van der Waals surface area contributed by atoms with Crippen LogP contribution in [0.1, 0.15) is 19.4 Å². The van der Waals surface area contributed by atoms with Crippen LogP contribution in [-0.2, 0) is 30.7 Å². The van der Waals surface area contributed by atoms with Crippen molar-refractivity contribution in [3.05, 3.63) is 60.2 Å². The van der Waals surface area contributed by atoms with Gasteiger partial charge in [-0.15, -0.1) is 0 Å². The summed E-state index contributed by atoms with van der Waals surface area (Å²) in [6.45, 7) is 4.43. The number of aliphatic hydroxyl groups excluding tert-OH is 1. The van der Waals surface area contributed by atoms with Crippen LogP contribution in [0.2, 0.25) is 0 Å². The van der Waals surface area contributed by atoms with Gasteiger partial charge >= 0.3 is 6.09 Å². The van der Waals surface area contributed by atoms with Gasteiger partial charge in [0.25, 0.3) is 0 Å². The Bertz CT molecular complexity index is 1230. The molecule has 2 aliphatic heterocycles. The molecule has 2 aliphatic rings. The largest absolute Gasteiger partial charge is 0.497 e. The molecule has 3 N–H and O–H groups in total. The smallest absolute Gasteiger partial charge is 0.407 e. The van der Waals surface area contributed by atoms with Gasteiger partial charge in [-0.25, -0.2) is 13.2 Å². The fourth-order valence-corrected chi connectivity index (χ4v) is 6.90. The number of hydrogen-bond donors (Lipinski definition) is 3. The summed E-state index contributed by atoms with van der Waals surface area (Å²) in [4.78, 5) is 13.2. The predicted molar refractivity (Wildman–Crippen MR) is 152 cm³/mol. The standard InChI is InChI=1S/C29H41N3O8S/c1-19(2)15-32(41(35,36)22-12-10-21(37-4)11-13-22)16-25(33)23(14-20-8-6-5-7-9-20)31-29(34)40-26-18-39-28-27(26)24(30-3)17-38-28/h5-13,19,23-28,30,33H,14-18H2,1-4H3,(H,31,34)/t23-,24-,25+,26-,27-,28+/m0/s1. The first-order valence-electron chi connectivity index (χ1n) is 13.9. The molecule has 4 rings (SSSR count). The number of nitrogens with zero attached hydrogens (tertiary/aromatic N) is 1. The van der Waals surface area contributed by atoms with Gasteiger partial charge in [0.2, 0.25) is 10.0 Å². The molecule has 226 valence electrons. The number of amides is 1. The number of nitrogens with one attached hydrogen (secondary N) is 2. The molecule has 0 saturated carbocycles. The van der Waals surface area contributed by atoms with Gasteiger partial charge in [-0.3, -0.25) is 0 Å². The van der Waals surface area contributed by atoms with Crippen LogP contribution in [0.5, 0.6) is 5.75 Å². The zero-order valence-electron chi connectivity index (χ0n) is 23.9. The molecule has 2 saturated heterocycles. The predicted octanol–water partition coefficient (Wildman–Crippen LogP) is 2.00. The molecule has 0 aromatic heterocycles. The van der Waals surface area contributed by atoms with E-state index >= 15 is 0 Å². The van der Waals surface area contributed by atoms with Crippen molar-refractivity contribution in [3.8, 4) is 5.75 Å². The number of ether oxygens (including phenoxy) is 4. The second kappa shape index (κ2) is 14.0. The number of hydrogen-bond acceptors (Lipinski definition) is 9. The SMILES string of the molecule is CN[C@H]1CO[C@@H]2OC[C@H](OC(=O)N[C@@H](Cc3ccccc3)[C@H](O)CN(CC(C)C)S(=O)(=O)c3ccc(OC)cc3)[C@@H]21. The number of fused-ring (bicyclic) bond motifs is 1. The minimum Gasteiger partial charge on any atom is -0.497 e. The lowest BCUT2D eigenvalue weighted by molar-refractivity contribution is -0.0908. The van der Waals surface area contributed by atoms with Gasteiger partial charge < -0.3 is 34.7 Å². The second-order valence-corrected chi connectivity index (χ2v) is 12.8. The molecule has 0 aliphatic carbocycles. The normalized spacial score (nSPS) is 23.8. The van der Waals surface area contributed by atoms with E-state index in [4.69, 9.17) is 18.9 Å². The Labute approximate surface area is 242 Å². The summed E-state index contributed by atoms with van der Waals surface area (Å²) in [6, 6.07) is 14.7. The first-order chi connectivity index (χ1) is 19.6. The van der Waals surface area contributed by atoms with Crippen LogP contribution in [-0.4, -0.2) is 95.0 Å². The Hall–Kier alpha value is -2.74. The molecular weight excluding hydrogens is 550 g/mol. The van der Waals surface area contributed by atoms with Crippen LogP contribution >= 0.6 is 0 Å². The summed E-state index contributed by atoms with van der Waals surface area (Å²) >= 11 is 0. The van der Waals surface area contributed by atoms with E-state index in [-0.39, 0.29) is 48.9 Å². The summed E-state index contributed by atoms with van der Waals surface area (Å²) in [7, 11) is -0.623. The summed E-state index contributed by atoms with van der Waals surface area (Å²) in [5.41, 5.74) is 0.869. The molecule has 2 fully saturated rings. The van der Waals surface area contributed by atoms with E-state index in [2.05, 4.69) is 10.6 Å². The van der Waals surface area contributed by atoms with E-state index in [1.54, 1.807) is 12.1 Å². The molecule has 0 spiro atoms. The number of alkyl carbamates (subject to hydrolysis) is 1. The van der Waals surface area contributed by atoms with Crippen LogP contribution in [0.4, 0.5) is 4.79 Å². The van der Waals surface area contributed by atoms with Crippen LogP contribution in [0, 0.1) is 11.8 Å². The summed E-state index contributed by atoms with van der Waals surface area (Å²) in [5, 5.41) is 17.4. The molecule has 0 bridgehead atoms. The Morgan fingerprint density at radius 2 is 1.76 bits per heavy atom. The number of sulfonamides is 1. The number of carbonyl (C=O) groups excluding carboxylic acids is 1. The summed E-state index contributed by atoms with van der Waals surface area (Å²) in [6.07, 6.45) is -2.65. The lowest BCUT2D eigenvalue weighted by Crippen LogP contribution is -2.52. The van der Waals surface area contributed by atoms with Crippen LogP contribution in [0.25, 0.3) is 0 Å². The maximum Gasteiger partial charge on any atom is 0.407 e. The zero-order chi connectivity index (χ0) is 29.6. The van der Waals surface area contributed by atoms with Crippen LogP contribution in [0.15, 0.2) is 59.5 Å². The minimum atomic E-state index is -3.95. The maximum atomic E-state index is 13.6. The van der Waals surface area contributed by atoms with Crippen molar-refractivity contribution in [2.75, 3.05) is 40.5 Å². The highest BCUT2D eigenvalue weighted by Gasteiger charge is 2.49. The van der Waals surface area contributed by atoms with Crippen molar-refractivity contribution in [2.24, 2.45) is 11.8 Å². The topological polar surface area (TPSA) is 136 Å². The van der Waals surface area contributed by atoms with Crippen LogP contribution in [0.3, 0.4) is 0 Å². The third-order valence-corrected chi connectivity index (χ3v) is 9.27. The molecule has 12 heteroatoms. The molecule has 11 nitrogen and oxygen atoms in total. The Kier molecular flexibility index (Phi) is 10.6. The number of benzene rings is 2. The fourth-order valence-electron chi connectivity index (χ4n) is 5.28. The molecule has 0 unspecified atom stereocenters. The van der Waals surface area contributed by atoms with Crippen molar-refractivity contribution in [2.45, 2.75) is 55.7 Å². The molecule has 2 aromatic carbocycles. The fraction of sp³-hybridized carbons (Fsp3) is 0.552. The minimum absolute atomic E-state index is 0.00946. The molecule has 2 heterocycles. The number of carbonyl (C=O) groups is 1. The van der Waals surface area contributed by atoms with Gasteiger partial charge in [0.1, 0.15) is 11.9 Å². The van der Waals surface area contributed by atoms with Gasteiger partial charge in [-0.05, 0) is 49.2 Å². The Morgan fingerprint density at radius 1 is 1.07 bits per heavy atom. The van der Waals surface area contributed by atoms with E-state index in [0.717, 1.165) is 5.56 Å². The number of aliphatic hydroxyl groups is 1. The van der Waals surface area contributed by atoms with Gasteiger partial charge in [-0.2, -0.15) is 4.31 Å². The van der Waals surface area contributed by atoms with E-state index in [1.165, 1.54) is 23.5 Å². The van der Waals surface area contributed by atoms with Gasteiger partial charge in [0, 0.05) is 19.1 Å². The maximum absolute atomic E-state index is 13.6. The van der Waals surface area contributed by atoms with Crippen molar-refractivity contribution >= 4 is 16.1 Å². The molecular formula is C29H41N3O8S. The number of methoxy groups -OCH3 is 1. The highest BCUT2D eigenvalue weighted by molar-refractivity contribution is 7.89. The van der Waals surface area contributed by atoms with Crippen molar-refractivity contribution in [1.29, 1.82) is 0 Å². The first kappa shape index (κ1) is 31.2. The quantitative estimate of drug-likeness (QED) is 0.320. The third kappa shape index (κ3) is 7.76. The van der Waals surface area contributed by atoms with Gasteiger partial charge in [0.05, 0.1) is 43.3 Å². The average Bonchev–Trinajstić information content (AvgIpc) is 3.55. The van der Waals surface area contributed by atoms with Crippen LogP contribution < -0.4 is 15.4 Å². The molecule has 0 radical (unpaired) electrons. The molecule has 6 atom stereocenters. The Balaban J connectivity index is 1.51. The number of rotatable bonds is 13. The van der Waals surface area contributed by atoms with E-state index < -0.39 is 40.7 Å². The highest BCUT2D eigenvalue weighted by atomic mass is 32.2. The van der Waals surface area contributed by atoms with Crippen molar-refractivity contribution in [3.63, 3.8) is 0 Å². The Morgan fingerprint density at radius 3 is 2.39 bits per heavy atom. The monoisotopic (exact) mass is 591 g/mol. The zero-order valence-corrected chi connectivity index (χ0v) is 24.8. The van der Waals surface area contributed by atoms with Gasteiger partial charge in [-0.1, -0.05) is 44.2 Å². The molecule has 1 amide bonds. The highest BCUT2D eigenvalue weighted by Crippen LogP contribution is 2.33. The van der Waals surface area contributed by atoms with E-state index in [0.29, 0.717) is 12.4 Å². The third-order valence-electron chi connectivity index (χ3n) is 7.43. The van der Waals surface area contributed by atoms with E-state index in [1.807, 2.05) is 51.2 Å². The second-order valence-electron chi connectivity index (χ2n) is 10.9.